The van der Waals surface area contributed by atoms with E-state index in [-0.39, 0.29) is 12.5 Å². The van der Waals surface area contributed by atoms with Gasteiger partial charge in [0.2, 0.25) is 0 Å². The lowest BCUT2D eigenvalue weighted by Gasteiger charge is -2.22. The zero-order chi connectivity index (χ0) is 20.6. The second kappa shape index (κ2) is 9.96. The van der Waals surface area contributed by atoms with Gasteiger partial charge in [-0.15, -0.1) is 0 Å². The minimum absolute atomic E-state index is 0.0419. The van der Waals surface area contributed by atoms with E-state index in [1.54, 1.807) is 14.1 Å². The molecule has 6 nitrogen and oxygen atoms in total. The summed E-state index contributed by atoms with van der Waals surface area (Å²) in [5.41, 5.74) is 2.47. The maximum atomic E-state index is 11.7. The standard InChI is InChI=1S/C23H30N4O2/c1-24-23(27-13-12-20(16-27)19-9-5-4-6-10-19)25-15-18-8-7-11-21(14-18)29-17-22(28)26(2)3/h4-11,14,20H,12-13,15-17H2,1-3H3,(H,24,25). The Morgan fingerprint density at radius 2 is 2.00 bits per heavy atom. The molecule has 6 heteroatoms. The van der Waals surface area contributed by atoms with Crippen molar-refractivity contribution >= 4 is 11.9 Å². The Morgan fingerprint density at radius 1 is 1.21 bits per heavy atom. The first kappa shape index (κ1) is 20.7. The van der Waals surface area contributed by atoms with Crippen LogP contribution in [0.3, 0.4) is 0 Å². The summed E-state index contributed by atoms with van der Waals surface area (Å²) in [5.74, 6) is 2.09. The second-order valence-corrected chi connectivity index (χ2v) is 7.47. The molecule has 0 aliphatic carbocycles. The van der Waals surface area contributed by atoms with Gasteiger partial charge in [-0.05, 0) is 29.7 Å². The topological polar surface area (TPSA) is 57.2 Å². The lowest BCUT2D eigenvalue weighted by molar-refractivity contribution is -0.130. The van der Waals surface area contributed by atoms with E-state index in [1.807, 2.05) is 31.3 Å². The van der Waals surface area contributed by atoms with Crippen LogP contribution in [0, 0.1) is 0 Å². The number of guanidine groups is 1. The van der Waals surface area contributed by atoms with Crippen LogP contribution < -0.4 is 10.1 Å². The normalized spacial score (nSPS) is 16.6. The van der Waals surface area contributed by atoms with Crippen molar-refractivity contribution in [3.8, 4) is 5.75 Å². The van der Waals surface area contributed by atoms with E-state index in [2.05, 4.69) is 45.5 Å². The third-order valence-corrected chi connectivity index (χ3v) is 5.18. The van der Waals surface area contributed by atoms with Gasteiger partial charge >= 0.3 is 0 Å². The summed E-state index contributed by atoms with van der Waals surface area (Å²) in [6.07, 6.45) is 1.13. The van der Waals surface area contributed by atoms with E-state index in [1.165, 1.54) is 10.5 Å². The highest BCUT2D eigenvalue weighted by molar-refractivity contribution is 5.80. The van der Waals surface area contributed by atoms with E-state index in [4.69, 9.17) is 4.74 Å². The number of carbonyl (C=O) groups excluding carboxylic acids is 1. The SMILES string of the molecule is CN=C(NCc1cccc(OCC(=O)N(C)C)c1)N1CCC(c2ccccc2)C1. The Labute approximate surface area is 173 Å². The number of benzene rings is 2. The number of nitrogens with zero attached hydrogens (tertiary/aromatic N) is 3. The molecule has 2 aromatic rings. The minimum atomic E-state index is -0.0593. The summed E-state index contributed by atoms with van der Waals surface area (Å²) in [7, 11) is 5.27. The number of ether oxygens (including phenoxy) is 1. The van der Waals surface area contributed by atoms with Crippen LogP contribution in [0.15, 0.2) is 59.6 Å². The van der Waals surface area contributed by atoms with Crippen LogP contribution in [-0.4, -0.2) is 62.5 Å². The molecule has 1 aliphatic rings. The fourth-order valence-electron chi connectivity index (χ4n) is 3.48. The quantitative estimate of drug-likeness (QED) is 0.605. The third kappa shape index (κ3) is 5.73. The molecule has 0 spiro atoms. The number of likely N-dealkylation sites (N-methyl/N-ethyl adjacent to an activating group) is 1. The second-order valence-electron chi connectivity index (χ2n) is 7.47. The Kier molecular flexibility index (Phi) is 7.11. The van der Waals surface area contributed by atoms with Crippen LogP contribution in [0.25, 0.3) is 0 Å². The Balaban J connectivity index is 1.53. The lowest BCUT2D eigenvalue weighted by atomic mass is 9.99. The predicted octanol–water partition coefficient (Wildman–Crippen LogP) is 2.72. The number of hydrogen-bond acceptors (Lipinski definition) is 3. The van der Waals surface area contributed by atoms with Gasteiger partial charge in [-0.3, -0.25) is 9.79 Å². The molecule has 1 atom stereocenters. The Bertz CT molecular complexity index is 836. The van der Waals surface area contributed by atoms with Crippen LogP contribution in [0.4, 0.5) is 0 Å². The monoisotopic (exact) mass is 394 g/mol. The summed E-state index contributed by atoms with van der Waals surface area (Å²) < 4.78 is 5.61. The summed E-state index contributed by atoms with van der Waals surface area (Å²) in [4.78, 5) is 20.0. The Morgan fingerprint density at radius 3 is 2.72 bits per heavy atom. The maximum absolute atomic E-state index is 11.7. The van der Waals surface area contributed by atoms with E-state index in [0.717, 1.165) is 31.0 Å². The van der Waals surface area contributed by atoms with Crippen molar-refractivity contribution in [3.63, 3.8) is 0 Å². The first-order valence-corrected chi connectivity index (χ1v) is 9.99. The fraction of sp³-hybridized carbons (Fsp3) is 0.391. The zero-order valence-corrected chi connectivity index (χ0v) is 17.5. The van der Waals surface area contributed by atoms with E-state index in [9.17, 15) is 4.79 Å². The van der Waals surface area contributed by atoms with Gasteiger partial charge in [-0.25, -0.2) is 0 Å². The van der Waals surface area contributed by atoms with Crippen LogP contribution in [-0.2, 0) is 11.3 Å². The molecule has 0 saturated carbocycles. The van der Waals surface area contributed by atoms with Crippen molar-refractivity contribution in [2.24, 2.45) is 4.99 Å². The molecule has 1 unspecified atom stereocenters. The molecule has 0 bridgehead atoms. The average molecular weight is 395 g/mol. The molecule has 1 N–H and O–H groups in total. The first-order chi connectivity index (χ1) is 14.1. The Hall–Kier alpha value is -3.02. The summed E-state index contributed by atoms with van der Waals surface area (Å²) >= 11 is 0. The lowest BCUT2D eigenvalue weighted by Crippen LogP contribution is -2.39. The smallest absolute Gasteiger partial charge is 0.259 e. The molecule has 0 aromatic heterocycles. The van der Waals surface area contributed by atoms with Gasteiger partial charge in [-0.2, -0.15) is 0 Å². The van der Waals surface area contributed by atoms with Crippen molar-refractivity contribution in [2.75, 3.05) is 40.8 Å². The van der Waals surface area contributed by atoms with E-state index >= 15 is 0 Å². The molecule has 1 saturated heterocycles. The van der Waals surface area contributed by atoms with Crippen molar-refractivity contribution in [3.05, 3.63) is 65.7 Å². The molecular weight excluding hydrogens is 364 g/mol. The van der Waals surface area contributed by atoms with E-state index in [0.29, 0.717) is 18.2 Å². The van der Waals surface area contributed by atoms with Crippen LogP contribution in [0.1, 0.15) is 23.5 Å². The summed E-state index contributed by atoms with van der Waals surface area (Å²) in [6, 6.07) is 18.5. The van der Waals surface area contributed by atoms with Crippen molar-refractivity contribution in [2.45, 2.75) is 18.9 Å². The van der Waals surface area contributed by atoms with Gasteiger partial charge in [0.25, 0.3) is 5.91 Å². The summed E-state index contributed by atoms with van der Waals surface area (Å²) in [5, 5.41) is 3.46. The number of hydrogen-bond donors (Lipinski definition) is 1. The van der Waals surface area contributed by atoms with Gasteiger partial charge in [0, 0.05) is 46.7 Å². The molecule has 1 heterocycles. The van der Waals surface area contributed by atoms with Crippen molar-refractivity contribution in [1.82, 2.24) is 15.1 Å². The van der Waals surface area contributed by atoms with Gasteiger partial charge in [-0.1, -0.05) is 42.5 Å². The highest BCUT2D eigenvalue weighted by atomic mass is 16.5. The predicted molar refractivity (Wildman–Crippen MR) is 116 cm³/mol. The molecule has 2 aromatic carbocycles. The molecule has 154 valence electrons. The first-order valence-electron chi connectivity index (χ1n) is 9.99. The molecule has 3 rings (SSSR count). The molecule has 0 radical (unpaired) electrons. The fourth-order valence-corrected chi connectivity index (χ4v) is 3.48. The number of aliphatic imine (C=N–C) groups is 1. The molecule has 1 aliphatic heterocycles. The molecular formula is C23H30N4O2. The van der Waals surface area contributed by atoms with Crippen molar-refractivity contribution < 1.29 is 9.53 Å². The average Bonchev–Trinajstić information content (AvgIpc) is 3.23. The largest absolute Gasteiger partial charge is 0.484 e. The minimum Gasteiger partial charge on any atom is -0.484 e. The third-order valence-electron chi connectivity index (χ3n) is 5.18. The number of amides is 1. The number of nitrogens with one attached hydrogen (secondary N) is 1. The highest BCUT2D eigenvalue weighted by Gasteiger charge is 2.25. The van der Waals surface area contributed by atoms with Gasteiger partial charge in [0.15, 0.2) is 12.6 Å². The van der Waals surface area contributed by atoms with Gasteiger partial charge in [0.1, 0.15) is 5.75 Å². The zero-order valence-electron chi connectivity index (χ0n) is 17.5. The van der Waals surface area contributed by atoms with E-state index < -0.39 is 0 Å². The molecule has 1 amide bonds. The van der Waals surface area contributed by atoms with Crippen LogP contribution in [0.2, 0.25) is 0 Å². The highest BCUT2D eigenvalue weighted by Crippen LogP contribution is 2.26. The van der Waals surface area contributed by atoms with Crippen LogP contribution in [0.5, 0.6) is 5.75 Å². The number of carbonyl (C=O) groups is 1. The molecule has 1 fully saturated rings. The number of likely N-dealkylation sites (tertiary alicyclic amines) is 1. The van der Waals surface area contributed by atoms with Gasteiger partial charge < -0.3 is 19.9 Å². The van der Waals surface area contributed by atoms with Gasteiger partial charge in [0.05, 0.1) is 0 Å². The number of rotatable bonds is 6. The summed E-state index contributed by atoms with van der Waals surface area (Å²) in [6.45, 7) is 2.66. The van der Waals surface area contributed by atoms with Crippen LogP contribution >= 0.6 is 0 Å². The maximum Gasteiger partial charge on any atom is 0.259 e. The van der Waals surface area contributed by atoms with Crippen molar-refractivity contribution in [1.29, 1.82) is 0 Å². The molecule has 29 heavy (non-hydrogen) atoms.